The largest absolute Gasteiger partial charge is 0.495 e. The molecule has 10 nitrogen and oxygen atoms in total. The fourth-order valence-electron chi connectivity index (χ4n) is 4.82. The Labute approximate surface area is 222 Å². The molecule has 11 heteroatoms. The second-order valence-electron chi connectivity index (χ2n) is 8.75. The van der Waals surface area contributed by atoms with Crippen LogP contribution in [0.1, 0.15) is 29.1 Å². The Morgan fingerprint density at radius 3 is 2.68 bits per heavy atom. The zero-order chi connectivity index (χ0) is 27.0. The number of hydrogen-bond acceptors (Lipinski definition) is 7. The number of H-pyrrole nitrogens is 1. The number of aliphatic hydroxyl groups is 1. The molecule has 0 saturated heterocycles. The van der Waals surface area contributed by atoms with E-state index in [9.17, 15) is 20.4 Å². The first-order chi connectivity index (χ1) is 18.3. The molecule has 1 aliphatic carbocycles. The Bertz CT molecular complexity index is 1590. The molecule has 0 bridgehead atoms. The molecular formula is C27H23ClN5O5+. The van der Waals surface area contributed by atoms with Crippen molar-refractivity contribution in [3.8, 4) is 34.2 Å². The minimum atomic E-state index is -1.63. The highest BCUT2D eigenvalue weighted by Gasteiger charge is 2.52. The van der Waals surface area contributed by atoms with E-state index in [0.29, 0.717) is 50.8 Å². The van der Waals surface area contributed by atoms with E-state index in [-0.39, 0.29) is 17.9 Å². The predicted molar refractivity (Wildman–Crippen MR) is 137 cm³/mol. The number of nitrogens with one attached hydrogen (secondary N) is 2. The first-order valence-electron chi connectivity index (χ1n) is 11.6. The molecular weight excluding hydrogens is 510 g/mol. The van der Waals surface area contributed by atoms with Crippen molar-refractivity contribution in [2.24, 2.45) is 0 Å². The molecule has 0 spiro atoms. The van der Waals surface area contributed by atoms with Crippen LogP contribution in [-0.2, 0) is 16.8 Å². The van der Waals surface area contributed by atoms with Gasteiger partial charge in [-0.15, -0.1) is 0 Å². The summed E-state index contributed by atoms with van der Waals surface area (Å²) in [6.07, 6.45) is 3.04. The number of anilines is 1. The lowest BCUT2D eigenvalue weighted by atomic mass is 9.96. The van der Waals surface area contributed by atoms with Crippen LogP contribution in [0, 0.1) is 11.3 Å². The number of carbonyl (C=O) groups excluding carboxylic acids is 1. The third kappa shape index (κ3) is 4.18. The number of nitrogens with zero attached hydrogens (tertiary/aromatic N) is 3. The van der Waals surface area contributed by atoms with Crippen LogP contribution in [0.4, 0.5) is 10.5 Å². The van der Waals surface area contributed by atoms with Crippen LogP contribution in [0.2, 0.25) is 5.02 Å². The maximum atomic E-state index is 11.8. The average Bonchev–Trinajstić information content (AvgIpc) is 3.56. The van der Waals surface area contributed by atoms with Gasteiger partial charge >= 0.3 is 6.09 Å². The molecule has 1 unspecified atom stereocenters. The van der Waals surface area contributed by atoms with Crippen LogP contribution in [0.3, 0.4) is 0 Å². The van der Waals surface area contributed by atoms with Gasteiger partial charge in [-0.25, -0.2) is 9.78 Å². The SMILES string of the molecule is COC(=O)Nc1ccc(-c2cnc(C3(O)CCc4c(OC)c(-c5cc(Cl)ccc5C#N)c[n+](O)c43)[nH]2)cc1. The summed E-state index contributed by atoms with van der Waals surface area (Å²) in [6, 6.07) is 14.0. The van der Waals surface area contributed by atoms with Gasteiger partial charge in [0.2, 0.25) is 11.8 Å². The van der Waals surface area contributed by atoms with Crippen molar-refractivity contribution in [1.29, 1.82) is 5.26 Å². The van der Waals surface area contributed by atoms with Gasteiger partial charge < -0.3 is 19.6 Å². The highest BCUT2D eigenvalue weighted by molar-refractivity contribution is 6.31. The van der Waals surface area contributed by atoms with Crippen molar-refractivity contribution in [2.45, 2.75) is 18.4 Å². The molecule has 4 N–H and O–H groups in total. The number of fused-ring (bicyclic) bond motifs is 1. The van der Waals surface area contributed by atoms with Crippen LogP contribution < -0.4 is 14.8 Å². The molecule has 1 atom stereocenters. The van der Waals surface area contributed by atoms with Crippen LogP contribution in [0.25, 0.3) is 22.4 Å². The summed E-state index contributed by atoms with van der Waals surface area (Å²) in [5.74, 6) is 0.682. The second kappa shape index (κ2) is 9.70. The quantitative estimate of drug-likeness (QED) is 0.223. The van der Waals surface area contributed by atoms with Gasteiger partial charge in [0.05, 0.1) is 48.9 Å². The zero-order valence-electron chi connectivity index (χ0n) is 20.4. The molecule has 1 aliphatic rings. The van der Waals surface area contributed by atoms with E-state index >= 15 is 0 Å². The van der Waals surface area contributed by atoms with E-state index in [0.717, 1.165) is 10.3 Å². The van der Waals surface area contributed by atoms with Crippen molar-refractivity contribution in [3.05, 3.63) is 82.5 Å². The van der Waals surface area contributed by atoms with Gasteiger partial charge in [-0.1, -0.05) is 23.7 Å². The fourth-order valence-corrected chi connectivity index (χ4v) is 4.99. The lowest BCUT2D eigenvalue weighted by molar-refractivity contribution is -0.912. The average molecular weight is 533 g/mol. The molecule has 2 aromatic carbocycles. The summed E-state index contributed by atoms with van der Waals surface area (Å²) < 4.78 is 11.2. The molecule has 1 amide bonds. The van der Waals surface area contributed by atoms with Crippen LogP contribution >= 0.6 is 11.6 Å². The summed E-state index contributed by atoms with van der Waals surface area (Å²) in [6.45, 7) is 0. The van der Waals surface area contributed by atoms with E-state index in [2.05, 4.69) is 26.1 Å². The van der Waals surface area contributed by atoms with Gasteiger partial charge in [-0.2, -0.15) is 5.26 Å². The lowest BCUT2D eigenvalue weighted by Gasteiger charge is -2.18. The molecule has 192 valence electrons. The van der Waals surface area contributed by atoms with Crippen LogP contribution in [0.15, 0.2) is 54.9 Å². The fraction of sp³-hybridized carbons (Fsp3) is 0.185. The summed E-state index contributed by atoms with van der Waals surface area (Å²) in [5, 5.41) is 35.5. The number of rotatable bonds is 5. The molecule has 5 rings (SSSR count). The minimum absolute atomic E-state index is 0.220. The number of amides is 1. The summed E-state index contributed by atoms with van der Waals surface area (Å²) in [5.41, 5.74) is 2.49. The van der Waals surface area contributed by atoms with Crippen molar-refractivity contribution >= 4 is 23.4 Å². The maximum Gasteiger partial charge on any atom is 0.411 e. The molecule has 0 saturated carbocycles. The number of aromatic amines is 1. The number of imidazole rings is 1. The Morgan fingerprint density at radius 2 is 2.00 bits per heavy atom. The Morgan fingerprint density at radius 1 is 1.24 bits per heavy atom. The number of methoxy groups -OCH3 is 2. The number of pyridine rings is 1. The maximum absolute atomic E-state index is 11.8. The van der Waals surface area contributed by atoms with Crippen molar-refractivity contribution in [2.75, 3.05) is 19.5 Å². The second-order valence-corrected chi connectivity index (χ2v) is 9.19. The summed E-state index contributed by atoms with van der Waals surface area (Å²) in [4.78, 5) is 19.0. The van der Waals surface area contributed by atoms with Gasteiger partial charge in [0.25, 0.3) is 5.69 Å². The summed E-state index contributed by atoms with van der Waals surface area (Å²) >= 11 is 6.20. The van der Waals surface area contributed by atoms with Gasteiger partial charge in [0, 0.05) is 21.0 Å². The standard InChI is InChI=1S/C27H22ClN5O5/c1-37-23-19-9-10-27(35,24(19)33(36)14-21(23)20-11-17(28)6-3-16(20)12-29)25-30-13-22(32-25)15-4-7-18(8-5-15)31-26(34)38-2/h3-8,11,13-14,35H,9-10H2,1-2H3,(H2-,30,31,32,34,36)/p+1. The smallest absolute Gasteiger partial charge is 0.411 e. The van der Waals surface area contributed by atoms with E-state index in [1.54, 1.807) is 48.7 Å². The Kier molecular flexibility index (Phi) is 6.40. The van der Waals surface area contributed by atoms with E-state index in [4.69, 9.17) is 16.3 Å². The topological polar surface area (TPSA) is 144 Å². The van der Waals surface area contributed by atoms with Crippen LogP contribution in [0.5, 0.6) is 5.75 Å². The molecule has 0 fully saturated rings. The third-order valence-corrected chi connectivity index (χ3v) is 6.84. The first-order valence-corrected chi connectivity index (χ1v) is 12.0. The van der Waals surface area contributed by atoms with Crippen LogP contribution in [-0.4, -0.2) is 40.6 Å². The number of benzene rings is 2. The highest BCUT2D eigenvalue weighted by Crippen LogP contribution is 2.46. The molecule has 0 radical (unpaired) electrons. The Hall–Kier alpha value is -4.59. The monoisotopic (exact) mass is 532 g/mol. The number of carbonyl (C=O) groups is 1. The number of aromatic nitrogens is 3. The zero-order valence-corrected chi connectivity index (χ0v) is 21.2. The minimum Gasteiger partial charge on any atom is -0.495 e. The van der Waals surface area contributed by atoms with Crippen molar-refractivity contribution in [1.82, 2.24) is 9.97 Å². The van der Waals surface area contributed by atoms with E-state index < -0.39 is 11.7 Å². The molecule has 38 heavy (non-hydrogen) atoms. The number of halogens is 1. The number of ether oxygens (including phenoxy) is 2. The highest BCUT2D eigenvalue weighted by atomic mass is 35.5. The van der Waals surface area contributed by atoms with Gasteiger partial charge in [-0.3, -0.25) is 10.5 Å². The number of nitriles is 1. The normalized spacial score (nSPS) is 16.0. The molecule has 2 heterocycles. The first kappa shape index (κ1) is 25.1. The van der Waals surface area contributed by atoms with Gasteiger partial charge in [0.15, 0.2) is 0 Å². The molecule has 0 aliphatic heterocycles. The van der Waals surface area contributed by atoms with E-state index in [1.165, 1.54) is 20.4 Å². The molecule has 2 aromatic heterocycles. The molecule has 4 aromatic rings. The van der Waals surface area contributed by atoms with Gasteiger partial charge in [0.1, 0.15) is 11.6 Å². The predicted octanol–water partition coefficient (Wildman–Crippen LogP) is 4.16. The lowest BCUT2D eigenvalue weighted by Crippen LogP contribution is -2.44. The van der Waals surface area contributed by atoms with E-state index in [1.807, 2.05) is 0 Å². The van der Waals surface area contributed by atoms with Gasteiger partial charge in [-0.05, 0) is 48.7 Å². The Balaban J connectivity index is 1.54. The number of hydrogen-bond donors (Lipinski definition) is 4. The summed E-state index contributed by atoms with van der Waals surface area (Å²) in [7, 11) is 2.79. The van der Waals surface area contributed by atoms with Crippen molar-refractivity contribution < 1.29 is 29.3 Å². The third-order valence-electron chi connectivity index (χ3n) is 6.61. The van der Waals surface area contributed by atoms with Crippen molar-refractivity contribution in [3.63, 3.8) is 0 Å².